The zero-order valence-electron chi connectivity index (χ0n) is 8.23. The van der Waals surface area contributed by atoms with E-state index in [1.165, 1.54) is 0 Å². The number of amides is 1. The van der Waals surface area contributed by atoms with Crippen LogP contribution in [0.15, 0.2) is 18.2 Å². The monoisotopic (exact) mass is 204 g/mol. The van der Waals surface area contributed by atoms with Gasteiger partial charge in [0, 0.05) is 18.2 Å². The van der Waals surface area contributed by atoms with E-state index < -0.39 is 0 Å². The Morgan fingerprint density at radius 1 is 1.40 bits per heavy atom. The van der Waals surface area contributed by atoms with E-state index in [1.807, 2.05) is 11.0 Å². The Morgan fingerprint density at radius 3 is 2.87 bits per heavy atom. The lowest BCUT2D eigenvalue weighted by molar-refractivity contribution is 0.0766. The van der Waals surface area contributed by atoms with Crippen molar-refractivity contribution in [2.75, 3.05) is 5.48 Å². The minimum atomic E-state index is 0.136. The van der Waals surface area contributed by atoms with Crippen LogP contribution >= 0.6 is 0 Å². The Balaban J connectivity index is 1.96. The Bertz CT molecular complexity index is 427. The van der Waals surface area contributed by atoms with Crippen LogP contribution in [0.5, 0.6) is 0 Å². The van der Waals surface area contributed by atoms with Crippen molar-refractivity contribution in [2.24, 2.45) is 0 Å². The molecule has 3 rings (SSSR count). The van der Waals surface area contributed by atoms with Crippen molar-refractivity contribution in [1.82, 2.24) is 4.90 Å². The maximum absolute atomic E-state index is 11.9. The van der Waals surface area contributed by atoms with E-state index in [0.29, 0.717) is 18.3 Å². The molecule has 0 aromatic heterocycles. The second-order valence-corrected chi connectivity index (χ2v) is 4.15. The normalized spacial score (nSPS) is 19.3. The van der Waals surface area contributed by atoms with Crippen LogP contribution in [0, 0.1) is 0 Å². The number of carbonyl (C=O) groups is 1. The van der Waals surface area contributed by atoms with Crippen molar-refractivity contribution in [1.29, 1.82) is 0 Å². The predicted molar refractivity (Wildman–Crippen MR) is 54.7 cm³/mol. The molecule has 1 aromatic carbocycles. The molecular formula is C11H12N2O2. The van der Waals surface area contributed by atoms with Crippen LogP contribution in [0.25, 0.3) is 0 Å². The molecule has 1 saturated carbocycles. The highest BCUT2D eigenvalue weighted by molar-refractivity contribution is 5.99. The van der Waals surface area contributed by atoms with Gasteiger partial charge in [0.1, 0.15) is 0 Å². The lowest BCUT2D eigenvalue weighted by Crippen LogP contribution is -2.25. The van der Waals surface area contributed by atoms with Crippen molar-refractivity contribution < 1.29 is 10.0 Å². The molecule has 2 N–H and O–H groups in total. The fraction of sp³-hybridized carbons (Fsp3) is 0.364. The highest BCUT2D eigenvalue weighted by atomic mass is 16.5. The van der Waals surface area contributed by atoms with Gasteiger partial charge in [-0.2, -0.15) is 0 Å². The van der Waals surface area contributed by atoms with Gasteiger partial charge in [0.25, 0.3) is 5.91 Å². The molecule has 78 valence electrons. The molecule has 4 heteroatoms. The van der Waals surface area contributed by atoms with Gasteiger partial charge in [-0.05, 0) is 36.6 Å². The molecule has 1 aromatic rings. The molecular weight excluding hydrogens is 192 g/mol. The van der Waals surface area contributed by atoms with Gasteiger partial charge in [-0.15, -0.1) is 0 Å². The van der Waals surface area contributed by atoms with E-state index in [2.05, 4.69) is 5.48 Å². The first-order valence-electron chi connectivity index (χ1n) is 5.13. The molecule has 1 aliphatic heterocycles. The fourth-order valence-corrected chi connectivity index (χ4v) is 2.09. The topological polar surface area (TPSA) is 52.6 Å². The first-order valence-corrected chi connectivity index (χ1v) is 5.13. The molecule has 1 fully saturated rings. The molecule has 0 radical (unpaired) electrons. The number of hydrogen-bond acceptors (Lipinski definition) is 3. The van der Waals surface area contributed by atoms with Gasteiger partial charge >= 0.3 is 0 Å². The summed E-state index contributed by atoms with van der Waals surface area (Å²) in [5.41, 5.74) is 4.52. The summed E-state index contributed by atoms with van der Waals surface area (Å²) in [4.78, 5) is 13.8. The summed E-state index contributed by atoms with van der Waals surface area (Å²) < 4.78 is 0. The Hall–Kier alpha value is -1.55. The predicted octanol–water partition coefficient (Wildman–Crippen LogP) is 1.61. The second kappa shape index (κ2) is 2.97. The summed E-state index contributed by atoms with van der Waals surface area (Å²) in [6.45, 7) is 0.689. The Morgan fingerprint density at radius 2 is 2.20 bits per heavy atom. The molecule has 0 spiro atoms. The van der Waals surface area contributed by atoms with Crippen LogP contribution in [-0.4, -0.2) is 22.1 Å². The minimum Gasteiger partial charge on any atom is -0.331 e. The zero-order chi connectivity index (χ0) is 10.4. The van der Waals surface area contributed by atoms with Crippen molar-refractivity contribution in [3.8, 4) is 0 Å². The van der Waals surface area contributed by atoms with Crippen molar-refractivity contribution >= 4 is 11.6 Å². The van der Waals surface area contributed by atoms with Gasteiger partial charge in [-0.1, -0.05) is 0 Å². The molecule has 0 saturated heterocycles. The number of anilines is 1. The van der Waals surface area contributed by atoms with Gasteiger partial charge in [-0.3, -0.25) is 15.5 Å². The molecule has 0 atom stereocenters. The van der Waals surface area contributed by atoms with E-state index >= 15 is 0 Å². The third-order valence-corrected chi connectivity index (χ3v) is 3.05. The van der Waals surface area contributed by atoms with Crippen molar-refractivity contribution in [3.63, 3.8) is 0 Å². The van der Waals surface area contributed by atoms with Crippen LogP contribution in [0.4, 0.5) is 5.69 Å². The van der Waals surface area contributed by atoms with E-state index in [1.54, 1.807) is 12.1 Å². The molecule has 1 aliphatic carbocycles. The third kappa shape index (κ3) is 1.29. The van der Waals surface area contributed by atoms with E-state index in [0.717, 1.165) is 24.0 Å². The van der Waals surface area contributed by atoms with E-state index in [9.17, 15) is 4.79 Å². The molecule has 1 heterocycles. The van der Waals surface area contributed by atoms with Crippen molar-refractivity contribution in [3.05, 3.63) is 29.3 Å². The summed E-state index contributed by atoms with van der Waals surface area (Å²) in [6, 6.07) is 5.77. The van der Waals surface area contributed by atoms with Gasteiger partial charge in [-0.25, -0.2) is 0 Å². The van der Waals surface area contributed by atoms with Gasteiger partial charge in [0.05, 0.1) is 5.69 Å². The van der Waals surface area contributed by atoms with Gasteiger partial charge in [0.15, 0.2) is 0 Å². The number of carbonyl (C=O) groups excluding carboxylic acids is 1. The number of nitrogens with one attached hydrogen (secondary N) is 1. The van der Waals surface area contributed by atoms with Gasteiger partial charge < -0.3 is 4.90 Å². The smallest absolute Gasteiger partial charge is 0.254 e. The lowest BCUT2D eigenvalue weighted by atomic mass is 10.1. The van der Waals surface area contributed by atoms with Gasteiger partial charge in [0.2, 0.25) is 0 Å². The third-order valence-electron chi connectivity index (χ3n) is 3.05. The summed E-state index contributed by atoms with van der Waals surface area (Å²) >= 11 is 0. The van der Waals surface area contributed by atoms with Crippen LogP contribution < -0.4 is 5.48 Å². The van der Waals surface area contributed by atoms with E-state index in [-0.39, 0.29) is 5.91 Å². The van der Waals surface area contributed by atoms with Crippen LogP contribution in [0.2, 0.25) is 0 Å². The highest BCUT2D eigenvalue weighted by Crippen LogP contribution is 2.35. The van der Waals surface area contributed by atoms with Crippen LogP contribution in [0.1, 0.15) is 28.8 Å². The summed E-state index contributed by atoms with van der Waals surface area (Å²) in [5.74, 6) is 0.136. The molecule has 1 amide bonds. The average molecular weight is 204 g/mol. The zero-order valence-corrected chi connectivity index (χ0v) is 8.23. The molecule has 2 aliphatic rings. The van der Waals surface area contributed by atoms with Crippen LogP contribution in [0.3, 0.4) is 0 Å². The minimum absolute atomic E-state index is 0.136. The average Bonchev–Trinajstić information content (AvgIpc) is 3.04. The second-order valence-electron chi connectivity index (χ2n) is 4.15. The molecule has 0 unspecified atom stereocenters. The number of rotatable bonds is 2. The molecule has 4 nitrogen and oxygen atoms in total. The highest BCUT2D eigenvalue weighted by Gasteiger charge is 2.38. The first kappa shape index (κ1) is 8.73. The summed E-state index contributed by atoms with van der Waals surface area (Å²) in [7, 11) is 0. The Labute approximate surface area is 87.5 Å². The molecule has 15 heavy (non-hydrogen) atoms. The quantitative estimate of drug-likeness (QED) is 0.719. The van der Waals surface area contributed by atoms with Crippen molar-refractivity contribution in [2.45, 2.75) is 25.4 Å². The first-order chi connectivity index (χ1) is 7.29. The maximum Gasteiger partial charge on any atom is 0.254 e. The number of hydrogen-bond donors (Lipinski definition) is 2. The standard InChI is InChI=1S/C11H12N2O2/c14-11-10-4-1-8(12-15)5-7(10)6-13(11)9-2-3-9/h1,4-5,9,12,15H,2-3,6H2. The largest absolute Gasteiger partial charge is 0.331 e. The van der Waals surface area contributed by atoms with Crippen LogP contribution in [-0.2, 0) is 6.54 Å². The number of fused-ring (bicyclic) bond motifs is 1. The lowest BCUT2D eigenvalue weighted by Gasteiger charge is -2.13. The summed E-state index contributed by atoms with van der Waals surface area (Å²) in [5, 5.41) is 8.77. The SMILES string of the molecule is O=C1c2ccc(NO)cc2CN1C1CC1. The summed E-state index contributed by atoms with van der Waals surface area (Å²) in [6.07, 6.45) is 2.26. The fourth-order valence-electron chi connectivity index (χ4n) is 2.09. The number of benzene rings is 1. The molecule has 0 bridgehead atoms. The maximum atomic E-state index is 11.9. The number of nitrogens with zero attached hydrogens (tertiary/aromatic N) is 1. The Kier molecular flexibility index (Phi) is 1.73. The van der Waals surface area contributed by atoms with E-state index in [4.69, 9.17) is 5.21 Å².